The van der Waals surface area contributed by atoms with Gasteiger partial charge in [0.15, 0.2) is 0 Å². The quantitative estimate of drug-likeness (QED) is 0.427. The maximum atomic E-state index is 12.5. The van der Waals surface area contributed by atoms with Crippen molar-refractivity contribution in [3.05, 3.63) is 64.7 Å². The molecule has 1 fully saturated rings. The van der Waals surface area contributed by atoms with Crippen LogP contribution in [-0.2, 0) is 9.59 Å². The monoisotopic (exact) mass is 463 g/mol. The zero-order chi connectivity index (χ0) is 25.0. The lowest BCUT2D eigenvalue weighted by molar-refractivity contribution is -0.134. The topological polar surface area (TPSA) is 70.2 Å². The van der Waals surface area contributed by atoms with E-state index in [1.54, 1.807) is 6.08 Å². The van der Waals surface area contributed by atoms with Gasteiger partial charge in [-0.25, -0.2) is 4.79 Å². The first-order chi connectivity index (χ1) is 16.1. The van der Waals surface area contributed by atoms with E-state index in [2.05, 4.69) is 31.7 Å². The van der Waals surface area contributed by atoms with Gasteiger partial charge < -0.3 is 9.64 Å². The summed E-state index contributed by atoms with van der Waals surface area (Å²) in [5, 5.41) is 0. The maximum absolute atomic E-state index is 12.5. The smallest absolute Gasteiger partial charge is 0.333 e. The summed E-state index contributed by atoms with van der Waals surface area (Å²) in [6, 6.07) is 13.4. The highest BCUT2D eigenvalue weighted by atomic mass is 16.5. The number of ether oxygens (including phenoxy) is 1. The van der Waals surface area contributed by atoms with E-state index in [1.165, 1.54) is 19.7 Å². The second kappa shape index (κ2) is 10.5. The molecular weight excluding hydrogens is 430 g/mol. The lowest BCUT2D eigenvalue weighted by atomic mass is 10.0. The van der Waals surface area contributed by atoms with Crippen LogP contribution in [0.25, 0.3) is 6.08 Å². The van der Waals surface area contributed by atoms with Crippen molar-refractivity contribution in [3.63, 3.8) is 0 Å². The van der Waals surface area contributed by atoms with E-state index in [1.807, 2.05) is 43.3 Å². The Bertz CT molecular complexity index is 1100. The molecule has 1 aliphatic rings. The summed E-state index contributed by atoms with van der Waals surface area (Å²) in [5.74, 6) is 0.126. The first-order valence-corrected chi connectivity index (χ1v) is 11.5. The molecule has 2 aromatic rings. The van der Waals surface area contributed by atoms with Gasteiger partial charge in [0, 0.05) is 26.3 Å². The molecule has 1 aliphatic heterocycles. The highest BCUT2D eigenvalue weighted by molar-refractivity contribution is 6.30. The van der Waals surface area contributed by atoms with Gasteiger partial charge in [0.1, 0.15) is 17.9 Å². The number of urea groups is 1. The van der Waals surface area contributed by atoms with Gasteiger partial charge in [-0.05, 0) is 60.7 Å². The Kier molecular flexibility index (Phi) is 7.76. The van der Waals surface area contributed by atoms with Crippen LogP contribution < -0.4 is 9.64 Å². The third-order valence-corrected chi connectivity index (χ3v) is 6.10. The number of hydrogen-bond acceptors (Lipinski definition) is 5. The minimum Gasteiger partial charge on any atom is -0.491 e. The number of imide groups is 2. The number of rotatable bonds is 8. The number of likely N-dealkylation sites (N-methyl/N-ethyl adjacent to an activating group) is 3. The molecule has 0 spiro atoms. The van der Waals surface area contributed by atoms with Crippen molar-refractivity contribution in [2.75, 3.05) is 38.7 Å². The molecule has 0 bridgehead atoms. The number of anilines is 1. The largest absolute Gasteiger partial charge is 0.491 e. The predicted molar refractivity (Wildman–Crippen MR) is 134 cm³/mol. The van der Waals surface area contributed by atoms with E-state index in [-0.39, 0.29) is 5.57 Å². The maximum Gasteiger partial charge on any atom is 0.333 e. The molecule has 7 nitrogen and oxygen atoms in total. The van der Waals surface area contributed by atoms with Gasteiger partial charge >= 0.3 is 6.03 Å². The van der Waals surface area contributed by atoms with Crippen molar-refractivity contribution >= 4 is 29.6 Å². The number of nitrogens with zero attached hydrogens (tertiary/aromatic N) is 3. The molecule has 4 amide bonds. The molecule has 1 saturated heterocycles. The van der Waals surface area contributed by atoms with Gasteiger partial charge in [-0.3, -0.25) is 19.4 Å². The molecular formula is C27H33N3O4. The fourth-order valence-corrected chi connectivity index (χ4v) is 3.97. The summed E-state index contributed by atoms with van der Waals surface area (Å²) in [6.45, 7) is 10.4. The van der Waals surface area contributed by atoms with Crippen LogP contribution in [0.1, 0.15) is 43.4 Å². The number of aryl methyl sites for hydroxylation is 1. The highest BCUT2D eigenvalue weighted by Crippen LogP contribution is 2.27. The molecule has 0 unspecified atom stereocenters. The second-order valence-electron chi connectivity index (χ2n) is 8.73. The van der Waals surface area contributed by atoms with Crippen LogP contribution in [0.5, 0.6) is 5.75 Å². The summed E-state index contributed by atoms with van der Waals surface area (Å²) < 4.78 is 6.10. The Labute approximate surface area is 201 Å². The van der Waals surface area contributed by atoms with E-state index in [0.29, 0.717) is 12.5 Å². The van der Waals surface area contributed by atoms with E-state index in [9.17, 15) is 14.4 Å². The van der Waals surface area contributed by atoms with E-state index in [0.717, 1.165) is 45.5 Å². The molecule has 34 heavy (non-hydrogen) atoms. The van der Waals surface area contributed by atoms with Crippen LogP contribution in [0, 0.1) is 6.92 Å². The molecule has 7 heteroatoms. The Hall–Kier alpha value is -3.61. The van der Waals surface area contributed by atoms with Crippen molar-refractivity contribution in [1.29, 1.82) is 0 Å². The van der Waals surface area contributed by atoms with Crippen molar-refractivity contribution in [3.8, 4) is 5.75 Å². The third kappa shape index (κ3) is 5.14. The highest BCUT2D eigenvalue weighted by Gasteiger charge is 2.37. The Morgan fingerprint density at radius 2 is 1.65 bits per heavy atom. The average molecular weight is 464 g/mol. The number of amides is 4. The molecule has 0 aliphatic carbocycles. The van der Waals surface area contributed by atoms with Crippen molar-refractivity contribution in [2.45, 2.75) is 33.6 Å². The van der Waals surface area contributed by atoms with Crippen molar-refractivity contribution in [2.24, 2.45) is 0 Å². The second-order valence-corrected chi connectivity index (χ2v) is 8.73. The van der Waals surface area contributed by atoms with Crippen LogP contribution in [0.2, 0.25) is 0 Å². The molecule has 2 aromatic carbocycles. The zero-order valence-corrected chi connectivity index (χ0v) is 20.8. The molecule has 0 atom stereocenters. The number of carbonyl (C=O) groups is 3. The summed E-state index contributed by atoms with van der Waals surface area (Å²) >= 11 is 0. The average Bonchev–Trinajstić information content (AvgIpc) is 2.83. The number of carbonyl (C=O) groups excluding carboxylic acids is 3. The van der Waals surface area contributed by atoms with Gasteiger partial charge in [-0.2, -0.15) is 0 Å². The summed E-state index contributed by atoms with van der Waals surface area (Å²) in [4.78, 5) is 41.1. The SMILES string of the molecule is CCN(CCOc1ccccc1C(C)C)c1ccc(C=C2C(=O)N(C)C(=O)N(C)C2=O)c(C)c1. The predicted octanol–water partition coefficient (Wildman–Crippen LogP) is 4.46. The Balaban J connectivity index is 1.74. The Morgan fingerprint density at radius 3 is 2.24 bits per heavy atom. The zero-order valence-electron chi connectivity index (χ0n) is 20.8. The van der Waals surface area contributed by atoms with Crippen LogP contribution >= 0.6 is 0 Å². The van der Waals surface area contributed by atoms with Crippen LogP contribution in [0.4, 0.5) is 10.5 Å². The van der Waals surface area contributed by atoms with Gasteiger partial charge in [0.2, 0.25) is 0 Å². The third-order valence-electron chi connectivity index (χ3n) is 6.10. The minimum absolute atomic E-state index is 0.0231. The fraction of sp³-hybridized carbons (Fsp3) is 0.370. The fourth-order valence-electron chi connectivity index (χ4n) is 3.97. The van der Waals surface area contributed by atoms with E-state index in [4.69, 9.17) is 4.74 Å². The normalized spacial score (nSPS) is 14.2. The Morgan fingerprint density at radius 1 is 1.00 bits per heavy atom. The molecule has 0 N–H and O–H groups in total. The summed E-state index contributed by atoms with van der Waals surface area (Å²) in [6.07, 6.45) is 1.56. The molecule has 0 aromatic heterocycles. The van der Waals surface area contributed by atoms with E-state index < -0.39 is 17.8 Å². The number of hydrogen-bond donors (Lipinski definition) is 0. The molecule has 0 radical (unpaired) electrons. The first kappa shape index (κ1) is 25.0. The van der Waals surface area contributed by atoms with Crippen LogP contribution in [0.15, 0.2) is 48.0 Å². The molecule has 1 heterocycles. The first-order valence-electron chi connectivity index (χ1n) is 11.5. The lowest BCUT2D eigenvalue weighted by Crippen LogP contribution is -2.52. The lowest BCUT2D eigenvalue weighted by Gasteiger charge is -2.29. The van der Waals surface area contributed by atoms with Gasteiger partial charge in [-0.15, -0.1) is 0 Å². The van der Waals surface area contributed by atoms with Crippen LogP contribution in [-0.4, -0.2) is 61.4 Å². The number of para-hydroxylation sites is 1. The van der Waals surface area contributed by atoms with Gasteiger partial charge in [-0.1, -0.05) is 38.1 Å². The standard InChI is InChI=1S/C27H33N3O4/c1-7-30(14-15-34-24-11-9-8-10-22(24)18(2)3)21-13-12-20(19(4)16-21)17-23-25(31)28(5)27(33)29(6)26(23)32/h8-13,16-18H,7,14-15H2,1-6H3. The molecule has 3 rings (SSSR count). The van der Waals surface area contributed by atoms with E-state index >= 15 is 0 Å². The summed E-state index contributed by atoms with van der Waals surface area (Å²) in [5.41, 5.74) is 3.90. The van der Waals surface area contributed by atoms with Crippen LogP contribution in [0.3, 0.4) is 0 Å². The van der Waals surface area contributed by atoms with Gasteiger partial charge in [0.05, 0.1) is 6.54 Å². The van der Waals surface area contributed by atoms with Crippen molar-refractivity contribution in [1.82, 2.24) is 9.80 Å². The number of benzene rings is 2. The minimum atomic E-state index is -0.629. The van der Waals surface area contributed by atoms with Gasteiger partial charge in [0.25, 0.3) is 11.8 Å². The number of barbiturate groups is 1. The molecule has 0 saturated carbocycles. The van der Waals surface area contributed by atoms with Crippen molar-refractivity contribution < 1.29 is 19.1 Å². The molecule has 180 valence electrons. The summed E-state index contributed by atoms with van der Waals surface area (Å²) in [7, 11) is 2.75.